The number of hydrogen-bond donors (Lipinski definition) is 0. The fraction of sp³-hybridized carbons (Fsp3) is 0.273. The van der Waals surface area contributed by atoms with Crippen molar-refractivity contribution in [3.05, 3.63) is 69.9 Å². The van der Waals surface area contributed by atoms with E-state index in [0.717, 1.165) is 0 Å². The summed E-state index contributed by atoms with van der Waals surface area (Å²) in [7, 11) is 3.00. The number of anilines is 1. The largest absolute Gasteiger partial charge is 0.425 e. The minimum absolute atomic E-state index is 0.0134. The van der Waals surface area contributed by atoms with E-state index in [4.69, 9.17) is 16.3 Å². The molecule has 186 valence electrons. The van der Waals surface area contributed by atoms with Crippen LogP contribution in [0.2, 0.25) is 5.02 Å². The van der Waals surface area contributed by atoms with Gasteiger partial charge in [0.2, 0.25) is 0 Å². The number of nitrogens with zero attached hydrogens (tertiary/aromatic N) is 4. The van der Waals surface area contributed by atoms with Crippen molar-refractivity contribution in [3.63, 3.8) is 0 Å². The van der Waals surface area contributed by atoms with Crippen molar-refractivity contribution in [2.24, 2.45) is 0 Å². The second-order valence-corrected chi connectivity index (χ2v) is 8.36. The molecule has 1 aromatic heterocycles. The Morgan fingerprint density at radius 3 is 2.09 bits per heavy atom. The summed E-state index contributed by atoms with van der Waals surface area (Å²) in [6.45, 7) is 0.203. The Bertz CT molecular complexity index is 1240. The van der Waals surface area contributed by atoms with Crippen LogP contribution in [0.25, 0.3) is 0 Å². The highest BCUT2D eigenvalue weighted by atomic mass is 35.5. The van der Waals surface area contributed by atoms with Crippen molar-refractivity contribution in [2.45, 2.75) is 25.4 Å². The zero-order valence-corrected chi connectivity index (χ0v) is 19.0. The highest BCUT2D eigenvalue weighted by Crippen LogP contribution is 2.40. The second-order valence-electron chi connectivity index (χ2n) is 7.92. The zero-order valence-electron chi connectivity index (χ0n) is 18.2. The molecule has 4 rings (SSSR count). The van der Waals surface area contributed by atoms with Crippen LogP contribution in [0, 0.1) is 0 Å². The zero-order chi connectivity index (χ0) is 25.7. The molecule has 0 saturated carbocycles. The van der Waals surface area contributed by atoms with E-state index < -0.39 is 35.3 Å². The molecule has 2 aromatic carbocycles. The summed E-state index contributed by atoms with van der Waals surface area (Å²) in [6.07, 6.45) is -10.1. The standard InChI is InChI=1S/C22H17ClF6N4O2/c1-31-11-17-18(32(2)20(31)34)30-19(33(17)10-12-3-5-15(23)6-4-12)35-16-8-13(21(24,25)26)7-14(9-16)22(27,28)29/h3-9H,10-11H2,1-2H3. The van der Waals surface area contributed by atoms with Gasteiger partial charge in [0.1, 0.15) is 5.75 Å². The first-order valence-corrected chi connectivity index (χ1v) is 10.4. The Hall–Kier alpha value is -3.41. The number of halogens is 7. The number of urea groups is 1. The maximum Gasteiger partial charge on any atom is 0.416 e. The van der Waals surface area contributed by atoms with Gasteiger partial charge >= 0.3 is 24.4 Å². The number of ether oxygens (including phenoxy) is 1. The molecule has 0 fully saturated rings. The van der Waals surface area contributed by atoms with E-state index >= 15 is 0 Å². The lowest BCUT2D eigenvalue weighted by molar-refractivity contribution is -0.143. The van der Waals surface area contributed by atoms with Crippen molar-refractivity contribution >= 4 is 23.4 Å². The van der Waals surface area contributed by atoms with Gasteiger partial charge in [0.25, 0.3) is 0 Å². The number of hydrogen-bond acceptors (Lipinski definition) is 3. The predicted octanol–water partition coefficient (Wildman–Crippen LogP) is 6.42. The summed E-state index contributed by atoms with van der Waals surface area (Å²) in [5.41, 5.74) is -1.84. The summed E-state index contributed by atoms with van der Waals surface area (Å²) >= 11 is 5.93. The Morgan fingerprint density at radius 2 is 1.54 bits per heavy atom. The van der Waals surface area contributed by atoms with E-state index in [2.05, 4.69) is 4.98 Å². The molecule has 2 heterocycles. The summed E-state index contributed by atoms with van der Waals surface area (Å²) in [5, 5.41) is 0.478. The van der Waals surface area contributed by atoms with Crippen molar-refractivity contribution in [1.82, 2.24) is 14.5 Å². The lowest BCUT2D eigenvalue weighted by atomic mass is 10.1. The molecule has 13 heteroatoms. The number of carbonyl (C=O) groups is 1. The number of fused-ring (bicyclic) bond motifs is 1. The highest BCUT2D eigenvalue weighted by molar-refractivity contribution is 6.30. The Balaban J connectivity index is 1.83. The van der Waals surface area contributed by atoms with Crippen molar-refractivity contribution < 1.29 is 35.9 Å². The summed E-state index contributed by atoms with van der Waals surface area (Å²) < 4.78 is 86.8. The molecule has 0 atom stereocenters. The van der Waals surface area contributed by atoms with Gasteiger partial charge in [-0.25, -0.2) is 4.79 Å². The number of alkyl halides is 6. The molecule has 0 saturated heterocycles. The van der Waals surface area contributed by atoms with Gasteiger partial charge in [-0.15, -0.1) is 0 Å². The average Bonchev–Trinajstić information content (AvgIpc) is 3.09. The maximum absolute atomic E-state index is 13.3. The Morgan fingerprint density at radius 1 is 0.971 bits per heavy atom. The van der Waals surface area contributed by atoms with Crippen LogP contribution >= 0.6 is 11.6 Å². The molecule has 0 aliphatic carbocycles. The van der Waals surface area contributed by atoms with Crippen LogP contribution in [0.1, 0.15) is 22.4 Å². The maximum atomic E-state index is 13.3. The normalized spacial score (nSPS) is 14.4. The molecule has 0 unspecified atom stereocenters. The van der Waals surface area contributed by atoms with Gasteiger partial charge in [0, 0.05) is 19.1 Å². The molecular formula is C22H17ClF6N4O2. The summed E-state index contributed by atoms with van der Waals surface area (Å²) in [5.74, 6) is -0.519. The molecule has 6 nitrogen and oxygen atoms in total. The second kappa shape index (κ2) is 8.67. The third-order valence-electron chi connectivity index (χ3n) is 5.36. The van der Waals surface area contributed by atoms with Crippen LogP contribution in [-0.2, 0) is 25.4 Å². The van der Waals surface area contributed by atoms with Gasteiger partial charge in [-0.2, -0.15) is 31.3 Å². The lowest BCUT2D eigenvalue weighted by Gasteiger charge is -2.30. The average molecular weight is 519 g/mol. The first kappa shape index (κ1) is 24.7. The molecule has 0 radical (unpaired) electrons. The SMILES string of the molecule is CN1Cc2c(nc(Oc3cc(C(F)(F)F)cc(C(F)(F)F)c3)n2Cc2ccc(Cl)cc2)N(C)C1=O. The van der Waals surface area contributed by atoms with Gasteiger partial charge in [-0.1, -0.05) is 23.7 Å². The van der Waals surface area contributed by atoms with E-state index in [1.54, 1.807) is 31.3 Å². The van der Waals surface area contributed by atoms with Crippen LogP contribution < -0.4 is 9.64 Å². The van der Waals surface area contributed by atoms with E-state index in [-0.39, 0.29) is 31.0 Å². The van der Waals surface area contributed by atoms with Crippen LogP contribution in [0.4, 0.5) is 37.0 Å². The van der Waals surface area contributed by atoms with Crippen LogP contribution in [-0.4, -0.2) is 34.6 Å². The highest BCUT2D eigenvalue weighted by Gasteiger charge is 2.38. The van der Waals surface area contributed by atoms with E-state index in [9.17, 15) is 31.1 Å². The molecule has 1 aliphatic rings. The fourth-order valence-corrected chi connectivity index (χ4v) is 3.75. The third kappa shape index (κ3) is 5.02. The number of amides is 2. The van der Waals surface area contributed by atoms with E-state index in [1.807, 2.05) is 0 Å². The minimum Gasteiger partial charge on any atom is -0.425 e. The van der Waals surface area contributed by atoms with E-state index in [0.29, 0.717) is 28.4 Å². The fourth-order valence-electron chi connectivity index (χ4n) is 3.62. The molecule has 1 aliphatic heterocycles. The van der Waals surface area contributed by atoms with Gasteiger partial charge in [0.05, 0.1) is 29.9 Å². The number of imidazole rings is 1. The summed E-state index contributed by atoms with van der Waals surface area (Å²) in [4.78, 5) is 19.2. The molecule has 3 aromatic rings. The Kier molecular flexibility index (Phi) is 6.12. The molecule has 0 N–H and O–H groups in total. The predicted molar refractivity (Wildman–Crippen MR) is 115 cm³/mol. The third-order valence-corrected chi connectivity index (χ3v) is 5.61. The Labute approximate surface area is 200 Å². The van der Waals surface area contributed by atoms with Crippen molar-refractivity contribution in [3.8, 4) is 11.8 Å². The van der Waals surface area contributed by atoms with Crippen LogP contribution in [0.15, 0.2) is 42.5 Å². The smallest absolute Gasteiger partial charge is 0.416 e. The monoisotopic (exact) mass is 518 g/mol. The number of carbonyl (C=O) groups excluding carboxylic acids is 1. The topological polar surface area (TPSA) is 50.6 Å². The van der Waals surface area contributed by atoms with Crippen LogP contribution in [0.3, 0.4) is 0 Å². The van der Waals surface area contributed by atoms with Gasteiger partial charge in [-0.3, -0.25) is 9.47 Å². The first-order chi connectivity index (χ1) is 16.2. The molecule has 0 bridgehead atoms. The number of benzene rings is 2. The molecule has 0 spiro atoms. The van der Waals surface area contributed by atoms with E-state index in [1.165, 1.54) is 21.4 Å². The van der Waals surface area contributed by atoms with Crippen molar-refractivity contribution in [2.75, 3.05) is 19.0 Å². The van der Waals surface area contributed by atoms with Gasteiger partial charge in [0.15, 0.2) is 5.82 Å². The minimum atomic E-state index is -5.04. The number of rotatable bonds is 4. The summed E-state index contributed by atoms with van der Waals surface area (Å²) in [6, 6.07) is 6.95. The lowest BCUT2D eigenvalue weighted by Crippen LogP contribution is -2.43. The molecule has 35 heavy (non-hydrogen) atoms. The number of aromatic nitrogens is 2. The molecular weight excluding hydrogens is 502 g/mol. The molecule has 2 amide bonds. The van der Waals surface area contributed by atoms with Gasteiger partial charge in [-0.05, 0) is 35.9 Å². The van der Waals surface area contributed by atoms with Crippen LogP contribution in [0.5, 0.6) is 11.8 Å². The van der Waals surface area contributed by atoms with Gasteiger partial charge < -0.3 is 9.64 Å². The first-order valence-electron chi connectivity index (χ1n) is 10.0. The van der Waals surface area contributed by atoms with Crippen molar-refractivity contribution in [1.29, 1.82) is 0 Å². The quantitative estimate of drug-likeness (QED) is 0.375.